The first-order chi connectivity index (χ1) is 8.33. The Balaban J connectivity index is 1.84. The molecule has 1 aromatic rings. The topological polar surface area (TPSA) is 49.1 Å². The molecule has 1 saturated carbocycles. The van der Waals surface area contributed by atoms with Gasteiger partial charge in [0, 0.05) is 25.8 Å². The lowest BCUT2D eigenvalue weighted by Crippen LogP contribution is -2.35. The van der Waals surface area contributed by atoms with E-state index in [1.165, 1.54) is 12.8 Å². The van der Waals surface area contributed by atoms with Gasteiger partial charge in [0.15, 0.2) is 0 Å². The average Bonchev–Trinajstić information content (AvgIpc) is 2.95. The summed E-state index contributed by atoms with van der Waals surface area (Å²) in [6, 6.07) is 6.32. The summed E-state index contributed by atoms with van der Waals surface area (Å²) < 4.78 is 5.57. The maximum atomic E-state index is 8.76. The monoisotopic (exact) mass is 229 g/mol. The van der Waals surface area contributed by atoms with Gasteiger partial charge in [0.1, 0.15) is 11.9 Å². The molecule has 1 saturated heterocycles. The summed E-state index contributed by atoms with van der Waals surface area (Å²) in [6.45, 7) is 1.03. The number of nitriles is 1. The molecular formula is C13H15N3O. The summed E-state index contributed by atoms with van der Waals surface area (Å²) in [5.41, 5.74) is 0.612. The number of piperidine rings is 1. The molecule has 0 amide bonds. The van der Waals surface area contributed by atoms with Crippen LogP contribution in [0.5, 0.6) is 0 Å². The van der Waals surface area contributed by atoms with Crippen molar-refractivity contribution in [2.45, 2.75) is 25.0 Å². The number of methoxy groups -OCH3 is 1. The van der Waals surface area contributed by atoms with E-state index < -0.39 is 0 Å². The molecule has 1 aliphatic carbocycles. The largest absolute Gasteiger partial charge is 0.379 e. The highest BCUT2D eigenvalue weighted by Crippen LogP contribution is 2.41. The molecule has 1 aliphatic heterocycles. The van der Waals surface area contributed by atoms with Crippen LogP contribution >= 0.6 is 0 Å². The van der Waals surface area contributed by atoms with Crippen molar-refractivity contribution < 1.29 is 4.74 Å². The first-order valence-corrected chi connectivity index (χ1v) is 5.99. The second-order valence-corrected chi connectivity index (χ2v) is 4.77. The minimum absolute atomic E-state index is 0.354. The number of anilines is 1. The van der Waals surface area contributed by atoms with Crippen molar-refractivity contribution in [2.24, 2.45) is 5.92 Å². The fraction of sp³-hybridized carbons (Fsp3) is 0.538. The minimum Gasteiger partial charge on any atom is -0.379 e. The Morgan fingerprint density at radius 3 is 2.94 bits per heavy atom. The normalized spacial score (nSPS) is 30.6. The molecule has 4 nitrogen and oxygen atoms in total. The van der Waals surface area contributed by atoms with Crippen LogP contribution in [0.1, 0.15) is 18.4 Å². The molecule has 0 aromatic carbocycles. The molecule has 2 heterocycles. The first kappa shape index (κ1) is 10.5. The van der Waals surface area contributed by atoms with Gasteiger partial charge in [-0.2, -0.15) is 5.26 Å². The molecule has 0 N–H and O–H groups in total. The van der Waals surface area contributed by atoms with E-state index in [4.69, 9.17) is 10.00 Å². The van der Waals surface area contributed by atoms with E-state index in [0.29, 0.717) is 23.6 Å². The van der Waals surface area contributed by atoms with Crippen molar-refractivity contribution in [3.05, 3.63) is 23.9 Å². The van der Waals surface area contributed by atoms with E-state index in [2.05, 4.69) is 16.0 Å². The number of aromatic nitrogens is 1. The number of fused-ring (bicyclic) bond motifs is 2. The van der Waals surface area contributed by atoms with E-state index in [1.54, 1.807) is 13.3 Å². The van der Waals surface area contributed by atoms with Crippen molar-refractivity contribution >= 4 is 5.82 Å². The number of hydrogen-bond donors (Lipinski definition) is 0. The Bertz CT molecular complexity index is 451. The second-order valence-electron chi connectivity index (χ2n) is 4.77. The molecule has 0 spiro atoms. The fourth-order valence-electron chi connectivity index (χ4n) is 3.18. The Labute approximate surface area is 101 Å². The van der Waals surface area contributed by atoms with Gasteiger partial charge in [0.2, 0.25) is 0 Å². The summed E-state index contributed by atoms with van der Waals surface area (Å²) in [4.78, 5) is 6.69. The first-order valence-electron chi connectivity index (χ1n) is 5.99. The van der Waals surface area contributed by atoms with Crippen LogP contribution in [0, 0.1) is 17.2 Å². The van der Waals surface area contributed by atoms with Crippen molar-refractivity contribution in [3.8, 4) is 6.07 Å². The molecule has 0 unspecified atom stereocenters. The maximum Gasteiger partial charge on any atom is 0.128 e. The summed E-state index contributed by atoms with van der Waals surface area (Å²) in [6.07, 6.45) is 4.44. The van der Waals surface area contributed by atoms with Crippen LogP contribution in [0.4, 0.5) is 5.82 Å². The molecular weight excluding hydrogens is 214 g/mol. The molecule has 2 fully saturated rings. The van der Waals surface area contributed by atoms with Crippen LogP contribution < -0.4 is 4.90 Å². The lowest BCUT2D eigenvalue weighted by molar-refractivity contribution is 0.0854. The van der Waals surface area contributed by atoms with E-state index >= 15 is 0 Å². The van der Waals surface area contributed by atoms with Crippen LogP contribution in [0.2, 0.25) is 0 Å². The van der Waals surface area contributed by atoms with Crippen LogP contribution in [-0.4, -0.2) is 30.8 Å². The van der Waals surface area contributed by atoms with E-state index in [9.17, 15) is 0 Å². The zero-order chi connectivity index (χ0) is 11.8. The van der Waals surface area contributed by atoms with E-state index in [1.807, 2.05) is 12.1 Å². The number of pyridine rings is 1. The third-order valence-electron chi connectivity index (χ3n) is 3.95. The summed E-state index contributed by atoms with van der Waals surface area (Å²) in [5.74, 6) is 1.61. The smallest absolute Gasteiger partial charge is 0.128 e. The molecule has 3 rings (SSSR count). The van der Waals surface area contributed by atoms with Gasteiger partial charge in [-0.1, -0.05) is 0 Å². The lowest BCUT2D eigenvalue weighted by atomic mass is 10.1. The Morgan fingerprint density at radius 1 is 1.47 bits per heavy atom. The Hall–Kier alpha value is -1.60. The van der Waals surface area contributed by atoms with Crippen molar-refractivity contribution in [2.75, 3.05) is 18.6 Å². The number of rotatable bonds is 2. The van der Waals surface area contributed by atoms with Crippen molar-refractivity contribution in [1.82, 2.24) is 4.98 Å². The quantitative estimate of drug-likeness (QED) is 0.772. The SMILES string of the molecule is CO[C@@H]1[C@H]2CC[C@H]1N(c1ccc(C#N)cn1)C2. The molecule has 3 atom stereocenters. The van der Waals surface area contributed by atoms with Crippen LogP contribution in [0.25, 0.3) is 0 Å². The summed E-state index contributed by atoms with van der Waals surface area (Å²) in [5, 5.41) is 8.76. The summed E-state index contributed by atoms with van der Waals surface area (Å²) >= 11 is 0. The van der Waals surface area contributed by atoms with Gasteiger partial charge in [0.25, 0.3) is 0 Å². The van der Waals surface area contributed by atoms with Gasteiger partial charge in [-0.3, -0.25) is 0 Å². The molecule has 2 bridgehead atoms. The molecule has 88 valence electrons. The highest BCUT2D eigenvalue weighted by Gasteiger charge is 2.47. The molecule has 1 aromatic heterocycles. The standard InChI is InChI=1S/C13H15N3O/c1-17-13-10-3-4-11(13)16(8-10)12-5-2-9(6-14)7-15-12/h2,5,7,10-11,13H,3-4,8H2,1H3/t10-,11+,13+/m0/s1. The number of hydrogen-bond acceptors (Lipinski definition) is 4. The van der Waals surface area contributed by atoms with Gasteiger partial charge < -0.3 is 9.64 Å². The predicted molar refractivity (Wildman–Crippen MR) is 63.6 cm³/mol. The van der Waals surface area contributed by atoms with E-state index in [0.717, 1.165) is 12.4 Å². The molecule has 17 heavy (non-hydrogen) atoms. The lowest BCUT2D eigenvalue weighted by Gasteiger charge is -2.28. The molecule has 0 radical (unpaired) electrons. The van der Waals surface area contributed by atoms with Crippen LogP contribution in [0.15, 0.2) is 18.3 Å². The van der Waals surface area contributed by atoms with Gasteiger partial charge >= 0.3 is 0 Å². The highest BCUT2D eigenvalue weighted by atomic mass is 16.5. The third-order valence-corrected chi connectivity index (χ3v) is 3.95. The summed E-state index contributed by atoms with van der Waals surface area (Å²) in [7, 11) is 1.80. The predicted octanol–water partition coefficient (Wildman–Crippen LogP) is 1.57. The van der Waals surface area contributed by atoms with E-state index in [-0.39, 0.29) is 0 Å². The number of ether oxygens (including phenoxy) is 1. The Morgan fingerprint density at radius 2 is 2.35 bits per heavy atom. The highest BCUT2D eigenvalue weighted by molar-refractivity contribution is 5.45. The Kier molecular flexibility index (Phi) is 2.49. The van der Waals surface area contributed by atoms with Gasteiger partial charge in [-0.05, 0) is 25.0 Å². The van der Waals surface area contributed by atoms with Crippen LogP contribution in [-0.2, 0) is 4.74 Å². The van der Waals surface area contributed by atoms with Gasteiger partial charge in [-0.15, -0.1) is 0 Å². The zero-order valence-electron chi connectivity index (χ0n) is 9.84. The van der Waals surface area contributed by atoms with Crippen molar-refractivity contribution in [1.29, 1.82) is 5.26 Å². The zero-order valence-corrected chi connectivity index (χ0v) is 9.84. The molecule has 2 aliphatic rings. The second kappa shape index (κ2) is 4.01. The fourth-order valence-corrected chi connectivity index (χ4v) is 3.18. The van der Waals surface area contributed by atoms with Crippen LogP contribution in [0.3, 0.4) is 0 Å². The van der Waals surface area contributed by atoms with Gasteiger partial charge in [0.05, 0.1) is 17.7 Å². The minimum atomic E-state index is 0.354. The maximum absolute atomic E-state index is 8.76. The van der Waals surface area contributed by atoms with Crippen molar-refractivity contribution in [3.63, 3.8) is 0 Å². The van der Waals surface area contributed by atoms with Gasteiger partial charge in [-0.25, -0.2) is 4.98 Å². The number of nitrogens with zero attached hydrogens (tertiary/aromatic N) is 3. The molecule has 4 heteroatoms. The average molecular weight is 229 g/mol. The third kappa shape index (κ3) is 1.58.